The normalized spacial score (nSPS) is 18.6. The van der Waals surface area contributed by atoms with Crippen LogP contribution in [0, 0.1) is 0 Å². The van der Waals surface area contributed by atoms with Gasteiger partial charge in [-0.05, 0) is 56.5 Å². The highest BCUT2D eigenvalue weighted by Gasteiger charge is 2.19. The summed E-state index contributed by atoms with van der Waals surface area (Å²) in [6, 6.07) is 20.4. The topological polar surface area (TPSA) is 25.5 Å². The van der Waals surface area contributed by atoms with Crippen molar-refractivity contribution in [2.45, 2.75) is 32.7 Å². The molecule has 0 saturated carbocycles. The molecule has 2 saturated heterocycles. The molecule has 0 atom stereocenters. The number of piperazine rings is 1. The van der Waals surface area contributed by atoms with Crippen molar-refractivity contribution in [2.75, 3.05) is 50.7 Å². The maximum atomic E-state index is 3.57. The number of aromatic amines is 1. The molecule has 2 fully saturated rings. The Morgan fingerprint density at radius 2 is 1.66 bits per heavy atom. The van der Waals surface area contributed by atoms with Crippen molar-refractivity contribution in [1.29, 1.82) is 0 Å². The lowest BCUT2D eigenvalue weighted by atomic mass is 10.0. The number of benzene rings is 2. The van der Waals surface area contributed by atoms with Crippen molar-refractivity contribution in [3.05, 3.63) is 66.2 Å². The van der Waals surface area contributed by atoms with Crippen LogP contribution in [0.3, 0.4) is 0 Å². The molecular formula is C28H36N4. The first-order chi connectivity index (χ1) is 15.7. The van der Waals surface area contributed by atoms with Gasteiger partial charge in [0.1, 0.15) is 0 Å². The van der Waals surface area contributed by atoms with E-state index in [0.29, 0.717) is 6.04 Å². The first kappa shape index (κ1) is 21.3. The largest absolute Gasteiger partial charge is 0.371 e. The van der Waals surface area contributed by atoms with Crippen LogP contribution in [0.15, 0.2) is 66.2 Å². The second kappa shape index (κ2) is 9.51. The van der Waals surface area contributed by atoms with Gasteiger partial charge in [-0.3, -0.25) is 9.80 Å². The average molecular weight is 429 g/mol. The molecule has 168 valence electrons. The van der Waals surface area contributed by atoms with Gasteiger partial charge in [0.25, 0.3) is 0 Å². The lowest BCUT2D eigenvalue weighted by molar-refractivity contribution is 0.116. The van der Waals surface area contributed by atoms with E-state index in [1.807, 2.05) is 0 Å². The molecule has 2 aliphatic rings. The monoisotopic (exact) mass is 428 g/mol. The SMILES string of the molecule is CC(C)N1CCN(CC=C2CCN(c3cccc(-c4cc5ccccc5[nH]4)c3)CC2)CC1. The summed E-state index contributed by atoms with van der Waals surface area (Å²) in [4.78, 5) is 11.3. The Hall–Kier alpha value is -2.56. The zero-order valence-corrected chi connectivity index (χ0v) is 19.6. The van der Waals surface area contributed by atoms with Gasteiger partial charge >= 0.3 is 0 Å². The summed E-state index contributed by atoms with van der Waals surface area (Å²) in [5.74, 6) is 0. The highest BCUT2D eigenvalue weighted by atomic mass is 15.3. The maximum Gasteiger partial charge on any atom is 0.0465 e. The molecular weight excluding hydrogens is 392 g/mol. The molecule has 0 aliphatic carbocycles. The number of hydrogen-bond acceptors (Lipinski definition) is 3. The Morgan fingerprint density at radius 1 is 0.875 bits per heavy atom. The van der Waals surface area contributed by atoms with Crippen molar-refractivity contribution in [2.24, 2.45) is 0 Å². The predicted octanol–water partition coefficient (Wildman–Crippen LogP) is 5.39. The van der Waals surface area contributed by atoms with Crippen LogP contribution in [0.4, 0.5) is 5.69 Å². The Labute approximate surface area is 192 Å². The summed E-state index contributed by atoms with van der Waals surface area (Å²) in [6.45, 7) is 12.8. The van der Waals surface area contributed by atoms with Crippen LogP contribution < -0.4 is 4.90 Å². The number of fused-ring (bicyclic) bond motifs is 1. The molecule has 4 heteroatoms. The third kappa shape index (κ3) is 4.77. The smallest absolute Gasteiger partial charge is 0.0465 e. The Bertz CT molecular complexity index is 1030. The average Bonchev–Trinajstić information content (AvgIpc) is 3.28. The number of para-hydroxylation sites is 1. The number of hydrogen-bond donors (Lipinski definition) is 1. The molecule has 2 aromatic carbocycles. The van der Waals surface area contributed by atoms with Gasteiger partial charge in [0, 0.05) is 74.1 Å². The van der Waals surface area contributed by atoms with Crippen molar-refractivity contribution in [3.8, 4) is 11.3 Å². The highest BCUT2D eigenvalue weighted by Crippen LogP contribution is 2.29. The quantitative estimate of drug-likeness (QED) is 0.552. The first-order valence-electron chi connectivity index (χ1n) is 12.2. The van der Waals surface area contributed by atoms with Gasteiger partial charge in [0.15, 0.2) is 0 Å². The highest BCUT2D eigenvalue weighted by molar-refractivity contribution is 5.86. The van der Waals surface area contributed by atoms with Crippen LogP contribution in [0.5, 0.6) is 0 Å². The fraction of sp³-hybridized carbons (Fsp3) is 0.429. The minimum absolute atomic E-state index is 0.675. The molecule has 2 aliphatic heterocycles. The van der Waals surface area contributed by atoms with Crippen LogP contribution in [0.25, 0.3) is 22.2 Å². The summed E-state index contributed by atoms with van der Waals surface area (Å²) < 4.78 is 0. The second-order valence-electron chi connectivity index (χ2n) is 9.60. The number of piperidine rings is 1. The van der Waals surface area contributed by atoms with Crippen LogP contribution in [0.1, 0.15) is 26.7 Å². The summed E-state index contributed by atoms with van der Waals surface area (Å²) >= 11 is 0. The van der Waals surface area contributed by atoms with Gasteiger partial charge in [0.2, 0.25) is 0 Å². The van der Waals surface area contributed by atoms with Crippen LogP contribution in [0.2, 0.25) is 0 Å². The van der Waals surface area contributed by atoms with Gasteiger partial charge < -0.3 is 9.88 Å². The van der Waals surface area contributed by atoms with E-state index in [-0.39, 0.29) is 0 Å². The van der Waals surface area contributed by atoms with E-state index in [0.717, 1.165) is 19.6 Å². The maximum absolute atomic E-state index is 3.57. The number of anilines is 1. The summed E-state index contributed by atoms with van der Waals surface area (Å²) in [5.41, 5.74) is 6.64. The zero-order chi connectivity index (χ0) is 21.9. The molecule has 0 radical (unpaired) electrons. The van der Waals surface area contributed by atoms with E-state index in [9.17, 15) is 0 Å². The van der Waals surface area contributed by atoms with Crippen molar-refractivity contribution < 1.29 is 0 Å². The lowest BCUT2D eigenvalue weighted by Gasteiger charge is -2.36. The number of nitrogens with zero attached hydrogens (tertiary/aromatic N) is 3. The van der Waals surface area contributed by atoms with Gasteiger partial charge in [-0.15, -0.1) is 0 Å². The molecule has 4 nitrogen and oxygen atoms in total. The zero-order valence-electron chi connectivity index (χ0n) is 19.6. The van der Waals surface area contributed by atoms with Gasteiger partial charge in [-0.25, -0.2) is 0 Å². The summed E-state index contributed by atoms with van der Waals surface area (Å²) in [5, 5.41) is 1.27. The van der Waals surface area contributed by atoms with E-state index in [2.05, 4.69) is 94.2 Å². The third-order valence-corrected chi connectivity index (χ3v) is 7.23. The van der Waals surface area contributed by atoms with E-state index in [1.165, 1.54) is 66.9 Å². The van der Waals surface area contributed by atoms with Gasteiger partial charge in [0.05, 0.1) is 0 Å². The first-order valence-corrected chi connectivity index (χ1v) is 12.2. The number of aromatic nitrogens is 1. The molecule has 5 rings (SSSR count). The predicted molar refractivity (Wildman–Crippen MR) is 136 cm³/mol. The van der Waals surface area contributed by atoms with E-state index < -0.39 is 0 Å². The molecule has 3 aromatic rings. The van der Waals surface area contributed by atoms with Crippen LogP contribution in [-0.4, -0.2) is 66.6 Å². The Kier molecular flexibility index (Phi) is 6.33. The van der Waals surface area contributed by atoms with E-state index >= 15 is 0 Å². The fourth-order valence-electron chi connectivity index (χ4n) is 5.08. The molecule has 0 bridgehead atoms. The summed E-state index contributed by atoms with van der Waals surface area (Å²) in [7, 11) is 0. The molecule has 0 unspecified atom stereocenters. The standard InChI is InChI=1S/C28H36N4/c1-22(2)31-18-16-30(17-19-31)13-10-23-11-14-32(15-12-23)26-8-5-7-24(20-26)28-21-25-6-3-4-9-27(25)29-28/h3-10,20-22,29H,11-19H2,1-2H3. The molecule has 1 aromatic heterocycles. The minimum atomic E-state index is 0.675. The van der Waals surface area contributed by atoms with Crippen LogP contribution >= 0.6 is 0 Å². The fourth-order valence-corrected chi connectivity index (χ4v) is 5.08. The number of H-pyrrole nitrogens is 1. The molecule has 0 spiro atoms. The Balaban J connectivity index is 1.18. The second-order valence-corrected chi connectivity index (χ2v) is 9.60. The molecule has 1 N–H and O–H groups in total. The van der Waals surface area contributed by atoms with Crippen molar-refractivity contribution in [1.82, 2.24) is 14.8 Å². The van der Waals surface area contributed by atoms with Crippen molar-refractivity contribution in [3.63, 3.8) is 0 Å². The van der Waals surface area contributed by atoms with Gasteiger partial charge in [-0.2, -0.15) is 0 Å². The number of nitrogens with one attached hydrogen (secondary N) is 1. The van der Waals surface area contributed by atoms with E-state index in [4.69, 9.17) is 0 Å². The molecule has 3 heterocycles. The third-order valence-electron chi connectivity index (χ3n) is 7.23. The van der Waals surface area contributed by atoms with Gasteiger partial charge in [-0.1, -0.05) is 42.0 Å². The molecule has 32 heavy (non-hydrogen) atoms. The Morgan fingerprint density at radius 3 is 2.41 bits per heavy atom. The lowest BCUT2D eigenvalue weighted by Crippen LogP contribution is -2.48. The molecule has 0 amide bonds. The van der Waals surface area contributed by atoms with E-state index in [1.54, 1.807) is 5.57 Å². The van der Waals surface area contributed by atoms with Crippen LogP contribution in [-0.2, 0) is 0 Å². The summed E-state index contributed by atoms with van der Waals surface area (Å²) in [6.07, 6.45) is 4.88. The number of rotatable bonds is 5. The van der Waals surface area contributed by atoms with Crippen molar-refractivity contribution >= 4 is 16.6 Å². The minimum Gasteiger partial charge on any atom is -0.371 e.